The fourth-order valence-electron chi connectivity index (χ4n) is 2.23. The fraction of sp³-hybridized carbons (Fsp3) is 0.429. The van der Waals surface area contributed by atoms with Crippen LogP contribution in [0.25, 0.3) is 5.69 Å². The normalized spacial score (nSPS) is 15.3. The van der Waals surface area contributed by atoms with Crippen LogP contribution in [0.3, 0.4) is 0 Å². The Labute approximate surface area is 140 Å². The van der Waals surface area contributed by atoms with Crippen molar-refractivity contribution in [3.8, 4) is 5.69 Å². The van der Waals surface area contributed by atoms with E-state index < -0.39 is 0 Å². The van der Waals surface area contributed by atoms with Gasteiger partial charge in [0.05, 0.1) is 25.1 Å². The molecule has 22 heavy (non-hydrogen) atoms. The number of benzene rings is 1. The van der Waals surface area contributed by atoms with Gasteiger partial charge in [-0.2, -0.15) is 0 Å². The molecule has 1 fully saturated rings. The van der Waals surface area contributed by atoms with E-state index in [9.17, 15) is 0 Å². The Hall–Kier alpha value is -1.34. The molecule has 0 atom stereocenters. The molecular weight excluding hydrogens is 325 g/mol. The van der Waals surface area contributed by atoms with Crippen molar-refractivity contribution < 1.29 is 4.74 Å². The highest BCUT2D eigenvalue weighted by Crippen LogP contribution is 2.13. The minimum absolute atomic E-state index is 0. The van der Waals surface area contributed by atoms with E-state index in [1.165, 1.54) is 0 Å². The zero-order chi connectivity index (χ0) is 14.5. The predicted molar refractivity (Wildman–Crippen MR) is 89.4 cm³/mol. The molecule has 1 aliphatic rings. The fourth-order valence-corrected chi connectivity index (χ4v) is 2.36. The molecule has 0 unspecified atom stereocenters. The van der Waals surface area contributed by atoms with E-state index in [4.69, 9.17) is 16.3 Å². The third kappa shape index (κ3) is 4.58. The molecular formula is C14H19Cl2N5O. The van der Waals surface area contributed by atoms with E-state index in [-0.39, 0.29) is 12.4 Å². The van der Waals surface area contributed by atoms with Crippen molar-refractivity contribution in [2.75, 3.05) is 44.7 Å². The van der Waals surface area contributed by atoms with Gasteiger partial charge in [-0.25, -0.2) is 4.68 Å². The molecule has 2 heterocycles. The summed E-state index contributed by atoms with van der Waals surface area (Å²) < 4.78 is 7.06. The van der Waals surface area contributed by atoms with Gasteiger partial charge in [-0.1, -0.05) is 16.8 Å². The van der Waals surface area contributed by atoms with Gasteiger partial charge < -0.3 is 10.1 Å². The van der Waals surface area contributed by atoms with Crippen LogP contribution in [0.15, 0.2) is 30.5 Å². The number of morpholine rings is 1. The molecule has 0 saturated carbocycles. The average Bonchev–Trinajstić information content (AvgIpc) is 2.98. The van der Waals surface area contributed by atoms with Crippen molar-refractivity contribution in [2.45, 2.75) is 0 Å². The van der Waals surface area contributed by atoms with Crippen molar-refractivity contribution in [1.29, 1.82) is 0 Å². The second-order valence-electron chi connectivity index (χ2n) is 4.91. The number of nitrogens with one attached hydrogen (secondary N) is 1. The Morgan fingerprint density at radius 2 is 1.91 bits per heavy atom. The lowest BCUT2D eigenvalue weighted by Gasteiger charge is -2.26. The maximum absolute atomic E-state index is 5.88. The van der Waals surface area contributed by atoms with Crippen LogP contribution >= 0.6 is 24.0 Å². The first-order valence-electron chi connectivity index (χ1n) is 7.03. The summed E-state index contributed by atoms with van der Waals surface area (Å²) in [5, 5.41) is 12.2. The third-order valence-electron chi connectivity index (χ3n) is 3.42. The molecule has 1 saturated heterocycles. The highest BCUT2D eigenvalue weighted by atomic mass is 35.5. The Bertz CT molecular complexity index is 569. The third-order valence-corrected chi connectivity index (χ3v) is 3.67. The minimum atomic E-state index is 0. The van der Waals surface area contributed by atoms with E-state index >= 15 is 0 Å². The zero-order valence-corrected chi connectivity index (χ0v) is 13.7. The standard InChI is InChI=1S/C14H18ClN5O.ClH/c15-12-1-3-13(4-2-12)20-11-14(17-18-20)16-5-6-19-7-9-21-10-8-19;/h1-4,11,16H,5-10H2;1H. The minimum Gasteiger partial charge on any atom is -0.379 e. The largest absolute Gasteiger partial charge is 0.379 e. The molecule has 0 amide bonds. The van der Waals surface area contributed by atoms with Crippen molar-refractivity contribution in [3.63, 3.8) is 0 Å². The smallest absolute Gasteiger partial charge is 0.169 e. The molecule has 0 radical (unpaired) electrons. The van der Waals surface area contributed by atoms with Gasteiger partial charge in [-0.3, -0.25) is 4.90 Å². The summed E-state index contributed by atoms with van der Waals surface area (Å²) in [5.41, 5.74) is 0.938. The predicted octanol–water partition coefficient (Wildman–Crippen LogP) is 2.09. The summed E-state index contributed by atoms with van der Waals surface area (Å²) >= 11 is 5.88. The van der Waals surface area contributed by atoms with Crippen molar-refractivity contribution >= 4 is 29.8 Å². The van der Waals surface area contributed by atoms with Gasteiger partial charge in [0.15, 0.2) is 5.82 Å². The van der Waals surface area contributed by atoms with Crippen LogP contribution in [0, 0.1) is 0 Å². The molecule has 3 rings (SSSR count). The number of halogens is 2. The molecule has 1 aromatic heterocycles. The molecule has 1 N–H and O–H groups in total. The van der Waals surface area contributed by atoms with Crippen LogP contribution in [0.4, 0.5) is 5.82 Å². The summed E-state index contributed by atoms with van der Waals surface area (Å²) in [6.07, 6.45) is 1.88. The Kier molecular flexibility index (Phi) is 6.45. The van der Waals surface area contributed by atoms with E-state index in [2.05, 4.69) is 20.5 Å². The van der Waals surface area contributed by atoms with Crippen molar-refractivity contribution in [3.05, 3.63) is 35.5 Å². The SMILES string of the molecule is Cl.Clc1ccc(-n2cc(NCCN3CCOCC3)nn2)cc1. The van der Waals surface area contributed by atoms with Gasteiger partial charge in [-0.15, -0.1) is 17.5 Å². The number of rotatable bonds is 5. The number of ether oxygens (including phenoxy) is 1. The maximum Gasteiger partial charge on any atom is 0.169 e. The van der Waals surface area contributed by atoms with Gasteiger partial charge in [0, 0.05) is 31.2 Å². The zero-order valence-electron chi connectivity index (χ0n) is 12.1. The average molecular weight is 344 g/mol. The lowest BCUT2D eigenvalue weighted by atomic mass is 10.3. The lowest BCUT2D eigenvalue weighted by molar-refractivity contribution is 0.0398. The first kappa shape index (κ1) is 17.0. The molecule has 0 spiro atoms. The highest BCUT2D eigenvalue weighted by molar-refractivity contribution is 6.30. The van der Waals surface area contributed by atoms with Gasteiger partial charge in [0.1, 0.15) is 0 Å². The van der Waals surface area contributed by atoms with E-state index in [1.54, 1.807) is 4.68 Å². The van der Waals surface area contributed by atoms with Crippen LogP contribution in [-0.4, -0.2) is 59.3 Å². The maximum atomic E-state index is 5.88. The van der Waals surface area contributed by atoms with Crippen molar-refractivity contribution in [2.24, 2.45) is 0 Å². The van der Waals surface area contributed by atoms with Gasteiger partial charge in [0.2, 0.25) is 0 Å². The second kappa shape index (κ2) is 8.33. The number of hydrogen-bond donors (Lipinski definition) is 1. The molecule has 8 heteroatoms. The van der Waals surface area contributed by atoms with Crippen LogP contribution in [0.2, 0.25) is 5.02 Å². The number of anilines is 1. The Balaban J connectivity index is 0.00000176. The molecule has 1 aliphatic heterocycles. The Morgan fingerprint density at radius 3 is 2.64 bits per heavy atom. The van der Waals surface area contributed by atoms with Gasteiger partial charge in [-0.05, 0) is 24.3 Å². The lowest BCUT2D eigenvalue weighted by Crippen LogP contribution is -2.39. The van der Waals surface area contributed by atoms with Gasteiger partial charge in [0.25, 0.3) is 0 Å². The van der Waals surface area contributed by atoms with E-state index in [0.717, 1.165) is 50.9 Å². The second-order valence-corrected chi connectivity index (χ2v) is 5.34. The van der Waals surface area contributed by atoms with E-state index in [0.29, 0.717) is 5.02 Å². The molecule has 120 valence electrons. The summed E-state index contributed by atoms with van der Waals surface area (Å²) in [5.74, 6) is 0.776. The van der Waals surface area contributed by atoms with Crippen LogP contribution < -0.4 is 5.32 Å². The topological polar surface area (TPSA) is 55.2 Å². The first-order valence-corrected chi connectivity index (χ1v) is 7.41. The molecule has 0 aliphatic carbocycles. The summed E-state index contributed by atoms with van der Waals surface area (Å²) in [4.78, 5) is 2.38. The molecule has 6 nitrogen and oxygen atoms in total. The van der Waals surface area contributed by atoms with Crippen LogP contribution in [0.1, 0.15) is 0 Å². The molecule has 2 aromatic rings. The summed E-state index contributed by atoms with van der Waals surface area (Å²) in [6.45, 7) is 5.48. The number of aromatic nitrogens is 3. The summed E-state index contributed by atoms with van der Waals surface area (Å²) in [6, 6.07) is 7.50. The van der Waals surface area contributed by atoms with Crippen LogP contribution in [-0.2, 0) is 4.74 Å². The molecule has 0 bridgehead atoms. The monoisotopic (exact) mass is 343 g/mol. The Morgan fingerprint density at radius 1 is 1.18 bits per heavy atom. The van der Waals surface area contributed by atoms with Crippen molar-refractivity contribution in [1.82, 2.24) is 19.9 Å². The quantitative estimate of drug-likeness (QED) is 0.900. The summed E-state index contributed by atoms with van der Waals surface area (Å²) in [7, 11) is 0. The number of nitrogens with zero attached hydrogens (tertiary/aromatic N) is 4. The van der Waals surface area contributed by atoms with E-state index in [1.807, 2.05) is 30.5 Å². The van der Waals surface area contributed by atoms with Crippen LogP contribution in [0.5, 0.6) is 0 Å². The highest BCUT2D eigenvalue weighted by Gasteiger charge is 2.09. The van der Waals surface area contributed by atoms with Gasteiger partial charge >= 0.3 is 0 Å². The number of hydrogen-bond acceptors (Lipinski definition) is 5. The molecule has 1 aromatic carbocycles. The first-order chi connectivity index (χ1) is 10.3.